The van der Waals surface area contributed by atoms with E-state index in [4.69, 9.17) is 14.2 Å². The van der Waals surface area contributed by atoms with Crippen LogP contribution in [0, 0.1) is 0 Å². The molecule has 1 aromatic carbocycles. The van der Waals surface area contributed by atoms with Crippen molar-refractivity contribution in [3.8, 4) is 11.5 Å². The Morgan fingerprint density at radius 3 is 2.62 bits per heavy atom. The normalized spacial score (nSPS) is 10.7. The van der Waals surface area contributed by atoms with Gasteiger partial charge in [-0.15, -0.1) is 0 Å². The van der Waals surface area contributed by atoms with E-state index in [2.05, 4.69) is 11.9 Å². The number of methoxy groups -OCH3 is 1. The minimum absolute atomic E-state index is 0.322. The largest absolute Gasteiger partial charge is 0.493 e. The second kappa shape index (κ2) is 7.57. The minimum Gasteiger partial charge on any atom is -0.493 e. The molecule has 0 aliphatic rings. The second-order valence-corrected chi connectivity index (χ2v) is 5.39. The number of alkyl carbamates (subject to hydrolysis) is 1. The van der Waals surface area contributed by atoms with Gasteiger partial charge in [0, 0.05) is 0 Å². The fourth-order valence-corrected chi connectivity index (χ4v) is 1.56. The minimum atomic E-state index is -0.505. The number of hydrogen-bond acceptors (Lipinski definition) is 4. The number of ether oxygens (including phenoxy) is 3. The van der Waals surface area contributed by atoms with Gasteiger partial charge in [0.1, 0.15) is 12.2 Å². The van der Waals surface area contributed by atoms with Crippen LogP contribution in [0.25, 0.3) is 6.08 Å². The van der Waals surface area contributed by atoms with Crippen LogP contribution < -0.4 is 14.8 Å². The van der Waals surface area contributed by atoms with Crippen molar-refractivity contribution in [1.82, 2.24) is 5.32 Å². The molecule has 1 rings (SSSR count). The smallest absolute Gasteiger partial charge is 0.407 e. The molecule has 0 aliphatic carbocycles. The van der Waals surface area contributed by atoms with Crippen molar-refractivity contribution in [3.63, 3.8) is 0 Å². The van der Waals surface area contributed by atoms with Gasteiger partial charge in [0.15, 0.2) is 11.5 Å². The quantitative estimate of drug-likeness (QED) is 0.818. The van der Waals surface area contributed by atoms with Crippen molar-refractivity contribution in [2.24, 2.45) is 0 Å². The lowest BCUT2D eigenvalue weighted by molar-refractivity contribution is 0.0520. The van der Waals surface area contributed by atoms with Crippen molar-refractivity contribution in [2.45, 2.75) is 26.4 Å². The Morgan fingerprint density at radius 2 is 2.05 bits per heavy atom. The van der Waals surface area contributed by atoms with Gasteiger partial charge in [-0.2, -0.15) is 0 Å². The molecule has 5 nitrogen and oxygen atoms in total. The first-order valence-corrected chi connectivity index (χ1v) is 6.76. The molecule has 0 radical (unpaired) electrons. The van der Waals surface area contributed by atoms with E-state index in [9.17, 15) is 4.79 Å². The summed E-state index contributed by atoms with van der Waals surface area (Å²) in [5, 5.41) is 2.63. The molecule has 1 amide bonds. The first-order chi connectivity index (χ1) is 9.85. The molecule has 0 aromatic heterocycles. The summed E-state index contributed by atoms with van der Waals surface area (Å²) < 4.78 is 15.9. The third-order valence-corrected chi connectivity index (χ3v) is 2.45. The van der Waals surface area contributed by atoms with E-state index < -0.39 is 11.7 Å². The van der Waals surface area contributed by atoms with E-state index in [-0.39, 0.29) is 0 Å². The van der Waals surface area contributed by atoms with Crippen molar-refractivity contribution < 1.29 is 19.0 Å². The van der Waals surface area contributed by atoms with Gasteiger partial charge in [-0.3, -0.25) is 0 Å². The average molecular weight is 293 g/mol. The summed E-state index contributed by atoms with van der Waals surface area (Å²) in [4.78, 5) is 11.5. The highest BCUT2D eigenvalue weighted by atomic mass is 16.6. The number of carbonyl (C=O) groups is 1. The van der Waals surface area contributed by atoms with Crippen LogP contribution in [0.5, 0.6) is 11.5 Å². The lowest BCUT2D eigenvalue weighted by atomic mass is 10.2. The number of nitrogens with one attached hydrogen (secondary N) is 1. The van der Waals surface area contributed by atoms with Crippen molar-refractivity contribution in [2.75, 3.05) is 20.3 Å². The van der Waals surface area contributed by atoms with Crippen molar-refractivity contribution in [1.29, 1.82) is 0 Å². The predicted octanol–water partition coefficient (Wildman–Crippen LogP) is 3.24. The van der Waals surface area contributed by atoms with Crippen molar-refractivity contribution in [3.05, 3.63) is 30.3 Å². The van der Waals surface area contributed by atoms with Gasteiger partial charge in [0.25, 0.3) is 0 Å². The molecule has 0 atom stereocenters. The molecular formula is C16H23NO4. The van der Waals surface area contributed by atoms with Crippen molar-refractivity contribution >= 4 is 12.2 Å². The van der Waals surface area contributed by atoms with Crippen LogP contribution in [-0.2, 0) is 4.74 Å². The second-order valence-electron chi connectivity index (χ2n) is 5.39. The molecule has 5 heteroatoms. The van der Waals surface area contributed by atoms with Gasteiger partial charge < -0.3 is 19.5 Å². The molecule has 0 fully saturated rings. The zero-order valence-corrected chi connectivity index (χ0v) is 13.1. The molecule has 0 aliphatic heterocycles. The van der Waals surface area contributed by atoms with Gasteiger partial charge in [0.05, 0.1) is 13.7 Å². The fraction of sp³-hybridized carbons (Fsp3) is 0.438. The molecular weight excluding hydrogens is 270 g/mol. The fourth-order valence-electron chi connectivity index (χ4n) is 1.56. The molecule has 0 saturated carbocycles. The Hall–Kier alpha value is -2.17. The van der Waals surface area contributed by atoms with Gasteiger partial charge in [0.2, 0.25) is 0 Å². The van der Waals surface area contributed by atoms with Gasteiger partial charge in [-0.05, 0) is 38.5 Å². The Kier molecular flexibility index (Phi) is 6.09. The van der Waals surface area contributed by atoms with Crippen LogP contribution in [-0.4, -0.2) is 32.0 Å². The zero-order valence-electron chi connectivity index (χ0n) is 13.1. The number of rotatable bonds is 6. The molecule has 21 heavy (non-hydrogen) atoms. The summed E-state index contributed by atoms with van der Waals surface area (Å²) in [5.74, 6) is 1.25. The summed E-state index contributed by atoms with van der Waals surface area (Å²) in [6.45, 7) is 9.82. The van der Waals surface area contributed by atoms with Crippen LogP contribution in [0.2, 0.25) is 0 Å². The Balaban J connectivity index is 2.42. The molecule has 0 spiro atoms. The average Bonchev–Trinajstić information content (AvgIpc) is 2.41. The van der Waals surface area contributed by atoms with E-state index in [0.29, 0.717) is 24.7 Å². The van der Waals surface area contributed by atoms with E-state index in [0.717, 1.165) is 5.56 Å². The number of carbonyl (C=O) groups excluding carboxylic acids is 1. The molecule has 0 heterocycles. The summed E-state index contributed by atoms with van der Waals surface area (Å²) in [6, 6.07) is 5.53. The number of amides is 1. The Labute approximate surface area is 125 Å². The maximum Gasteiger partial charge on any atom is 0.407 e. The Bertz CT molecular complexity index is 492. The summed E-state index contributed by atoms with van der Waals surface area (Å²) in [7, 11) is 1.58. The maximum absolute atomic E-state index is 11.5. The molecule has 0 unspecified atom stereocenters. The molecule has 1 aromatic rings. The topological polar surface area (TPSA) is 56.8 Å². The standard InChI is InChI=1S/C16H23NO4/c1-6-12-7-8-13(14(11-12)19-5)20-10-9-17-15(18)21-16(2,3)4/h6-8,11H,1,9-10H2,2-5H3,(H,17,18). The molecule has 1 N–H and O–H groups in total. The van der Waals surface area contributed by atoms with Crippen LogP contribution in [0.3, 0.4) is 0 Å². The molecule has 0 bridgehead atoms. The summed E-state index contributed by atoms with van der Waals surface area (Å²) in [6.07, 6.45) is 1.27. The van der Waals surface area contributed by atoms with E-state index >= 15 is 0 Å². The van der Waals surface area contributed by atoms with E-state index in [1.807, 2.05) is 39.0 Å². The maximum atomic E-state index is 11.5. The number of benzene rings is 1. The monoisotopic (exact) mass is 293 g/mol. The lowest BCUT2D eigenvalue weighted by Crippen LogP contribution is -2.34. The van der Waals surface area contributed by atoms with E-state index in [1.165, 1.54) is 0 Å². The SMILES string of the molecule is C=Cc1ccc(OCCNC(=O)OC(C)(C)C)c(OC)c1. The summed E-state index contributed by atoms with van der Waals surface area (Å²) in [5.41, 5.74) is 0.445. The predicted molar refractivity (Wildman–Crippen MR) is 82.8 cm³/mol. The van der Waals surface area contributed by atoms with Crippen LogP contribution >= 0.6 is 0 Å². The zero-order chi connectivity index (χ0) is 15.9. The van der Waals surface area contributed by atoms with Gasteiger partial charge >= 0.3 is 6.09 Å². The van der Waals surface area contributed by atoms with Crippen LogP contribution in [0.4, 0.5) is 4.79 Å². The molecule has 116 valence electrons. The van der Waals surface area contributed by atoms with Crippen LogP contribution in [0.15, 0.2) is 24.8 Å². The highest BCUT2D eigenvalue weighted by molar-refractivity contribution is 5.67. The first-order valence-electron chi connectivity index (χ1n) is 6.76. The van der Waals surface area contributed by atoms with Gasteiger partial charge in [-0.1, -0.05) is 18.7 Å². The highest BCUT2D eigenvalue weighted by Crippen LogP contribution is 2.28. The Morgan fingerprint density at radius 1 is 1.33 bits per heavy atom. The third kappa shape index (κ3) is 6.21. The van der Waals surface area contributed by atoms with Crippen LogP contribution in [0.1, 0.15) is 26.3 Å². The summed E-state index contributed by atoms with van der Waals surface area (Å²) >= 11 is 0. The lowest BCUT2D eigenvalue weighted by Gasteiger charge is -2.19. The highest BCUT2D eigenvalue weighted by Gasteiger charge is 2.15. The van der Waals surface area contributed by atoms with E-state index in [1.54, 1.807) is 13.2 Å². The third-order valence-electron chi connectivity index (χ3n) is 2.45. The van der Waals surface area contributed by atoms with Gasteiger partial charge in [-0.25, -0.2) is 4.79 Å². The number of hydrogen-bond donors (Lipinski definition) is 1. The molecule has 0 saturated heterocycles. The first kappa shape index (κ1) is 16.9.